The molecule has 0 aliphatic carbocycles. The van der Waals surface area contributed by atoms with Crippen LogP contribution in [0, 0.1) is 0 Å². The van der Waals surface area contributed by atoms with Crippen molar-refractivity contribution < 1.29 is 4.74 Å². The third kappa shape index (κ3) is 3.05. The Kier molecular flexibility index (Phi) is 3.89. The normalized spacial score (nSPS) is 12.4. The lowest BCUT2D eigenvalue weighted by molar-refractivity contribution is 0.242. The van der Waals surface area contributed by atoms with Gasteiger partial charge in [-0.2, -0.15) is 0 Å². The van der Waals surface area contributed by atoms with Crippen molar-refractivity contribution in [3.8, 4) is 5.75 Å². The molecule has 2 aromatic rings. The van der Waals surface area contributed by atoms with Crippen LogP contribution in [0.15, 0.2) is 43.0 Å². The number of rotatable bonds is 4. The van der Waals surface area contributed by atoms with E-state index in [1.165, 1.54) is 6.33 Å². The summed E-state index contributed by atoms with van der Waals surface area (Å²) in [4.78, 5) is 7.96. The summed E-state index contributed by atoms with van der Waals surface area (Å²) in [5, 5.41) is 0. The van der Waals surface area contributed by atoms with E-state index in [1.807, 2.05) is 38.1 Å². The van der Waals surface area contributed by atoms with Crippen LogP contribution < -0.4 is 10.5 Å². The van der Waals surface area contributed by atoms with E-state index < -0.39 is 0 Å². The molecule has 0 bridgehead atoms. The van der Waals surface area contributed by atoms with Crippen LogP contribution in [0.3, 0.4) is 0 Å². The van der Waals surface area contributed by atoms with Crippen LogP contribution in [-0.4, -0.2) is 16.1 Å². The maximum Gasteiger partial charge on any atom is 0.120 e. The lowest BCUT2D eigenvalue weighted by Crippen LogP contribution is -2.13. The highest BCUT2D eigenvalue weighted by Gasteiger charge is 2.10. The quantitative estimate of drug-likeness (QED) is 0.895. The summed E-state index contributed by atoms with van der Waals surface area (Å²) in [5.41, 5.74) is 8.06. The van der Waals surface area contributed by atoms with E-state index in [0.717, 1.165) is 16.9 Å². The van der Waals surface area contributed by atoms with Crippen LogP contribution in [0.4, 0.5) is 0 Å². The van der Waals surface area contributed by atoms with Crippen molar-refractivity contribution in [1.29, 1.82) is 0 Å². The van der Waals surface area contributed by atoms with Gasteiger partial charge in [0.2, 0.25) is 0 Å². The summed E-state index contributed by atoms with van der Waals surface area (Å²) in [5.74, 6) is 0.829. The largest absolute Gasteiger partial charge is 0.491 e. The predicted molar refractivity (Wildman–Crippen MR) is 70.3 cm³/mol. The Balaban J connectivity index is 2.23. The Morgan fingerprint density at radius 3 is 2.50 bits per heavy atom. The second-order valence-electron chi connectivity index (χ2n) is 4.39. The summed E-state index contributed by atoms with van der Waals surface area (Å²) in [6.45, 7) is 4.00. The molecule has 0 spiro atoms. The second kappa shape index (κ2) is 5.60. The number of hydrogen-bond donors (Lipinski definition) is 1. The molecule has 0 fully saturated rings. The minimum atomic E-state index is -0.234. The molecule has 4 heteroatoms. The van der Waals surface area contributed by atoms with Crippen LogP contribution in [0.1, 0.15) is 31.0 Å². The van der Waals surface area contributed by atoms with Gasteiger partial charge in [-0.25, -0.2) is 9.97 Å². The zero-order chi connectivity index (χ0) is 13.0. The maximum absolute atomic E-state index is 6.18. The number of nitrogens with zero attached hydrogens (tertiary/aromatic N) is 2. The van der Waals surface area contributed by atoms with Crippen molar-refractivity contribution in [3.05, 3.63) is 54.1 Å². The van der Waals surface area contributed by atoms with Gasteiger partial charge in [-0.3, -0.25) is 0 Å². The third-order valence-electron chi connectivity index (χ3n) is 2.53. The molecule has 2 rings (SSSR count). The van der Waals surface area contributed by atoms with Crippen molar-refractivity contribution in [2.45, 2.75) is 26.0 Å². The monoisotopic (exact) mass is 243 g/mol. The summed E-state index contributed by atoms with van der Waals surface area (Å²) >= 11 is 0. The van der Waals surface area contributed by atoms with Gasteiger partial charge in [-0.05, 0) is 31.5 Å². The van der Waals surface area contributed by atoms with Crippen LogP contribution in [0.5, 0.6) is 5.75 Å². The molecule has 0 saturated carbocycles. The van der Waals surface area contributed by atoms with Gasteiger partial charge in [0.1, 0.15) is 12.1 Å². The molecule has 2 N–H and O–H groups in total. The molecule has 1 aromatic heterocycles. The summed E-state index contributed by atoms with van der Waals surface area (Å²) in [6.07, 6.45) is 5.10. The fourth-order valence-corrected chi connectivity index (χ4v) is 1.72. The molecule has 0 aliphatic rings. The van der Waals surface area contributed by atoms with E-state index in [9.17, 15) is 0 Å². The minimum absolute atomic E-state index is 0.150. The molecule has 18 heavy (non-hydrogen) atoms. The maximum atomic E-state index is 6.18. The van der Waals surface area contributed by atoms with E-state index in [-0.39, 0.29) is 12.1 Å². The molecule has 94 valence electrons. The van der Waals surface area contributed by atoms with Gasteiger partial charge < -0.3 is 10.5 Å². The molecule has 1 atom stereocenters. The van der Waals surface area contributed by atoms with E-state index in [2.05, 4.69) is 9.97 Å². The number of ether oxygens (including phenoxy) is 1. The molecular formula is C14H17N3O. The average molecular weight is 243 g/mol. The zero-order valence-corrected chi connectivity index (χ0v) is 10.6. The first-order chi connectivity index (χ1) is 8.66. The first-order valence-electron chi connectivity index (χ1n) is 5.94. The van der Waals surface area contributed by atoms with Crippen molar-refractivity contribution >= 4 is 0 Å². The van der Waals surface area contributed by atoms with Gasteiger partial charge in [0.15, 0.2) is 0 Å². The smallest absolute Gasteiger partial charge is 0.120 e. The SMILES string of the molecule is CC(C)Oc1cccc(C(N)c2cncnc2)c1. The van der Waals surface area contributed by atoms with Gasteiger partial charge in [-0.1, -0.05) is 12.1 Å². The molecule has 0 saturated heterocycles. The molecule has 1 unspecified atom stereocenters. The van der Waals surface area contributed by atoms with E-state index >= 15 is 0 Å². The van der Waals surface area contributed by atoms with E-state index in [0.29, 0.717) is 0 Å². The number of nitrogens with two attached hydrogens (primary N) is 1. The lowest BCUT2D eigenvalue weighted by Gasteiger charge is -2.14. The Morgan fingerprint density at radius 1 is 1.11 bits per heavy atom. The topological polar surface area (TPSA) is 61.0 Å². The van der Waals surface area contributed by atoms with Gasteiger partial charge in [0, 0.05) is 18.0 Å². The Hall–Kier alpha value is -1.94. The lowest BCUT2D eigenvalue weighted by atomic mass is 10.0. The van der Waals surface area contributed by atoms with Gasteiger partial charge in [0.25, 0.3) is 0 Å². The molecule has 0 amide bonds. The molecule has 0 radical (unpaired) electrons. The number of benzene rings is 1. The standard InChI is InChI=1S/C14H17N3O/c1-10(2)18-13-5-3-4-11(6-13)14(15)12-7-16-9-17-8-12/h3-10,14H,15H2,1-2H3. The number of hydrogen-bond acceptors (Lipinski definition) is 4. The van der Waals surface area contributed by atoms with E-state index in [4.69, 9.17) is 10.5 Å². The van der Waals surface area contributed by atoms with Crippen molar-refractivity contribution in [2.24, 2.45) is 5.73 Å². The summed E-state index contributed by atoms with van der Waals surface area (Å²) in [6, 6.07) is 7.57. The van der Waals surface area contributed by atoms with Crippen molar-refractivity contribution in [3.63, 3.8) is 0 Å². The van der Waals surface area contributed by atoms with Crippen LogP contribution in [-0.2, 0) is 0 Å². The van der Waals surface area contributed by atoms with Gasteiger partial charge >= 0.3 is 0 Å². The highest BCUT2D eigenvalue weighted by atomic mass is 16.5. The highest BCUT2D eigenvalue weighted by Crippen LogP contribution is 2.22. The molecule has 4 nitrogen and oxygen atoms in total. The Morgan fingerprint density at radius 2 is 1.83 bits per heavy atom. The molecular weight excluding hydrogens is 226 g/mol. The van der Waals surface area contributed by atoms with Gasteiger partial charge in [-0.15, -0.1) is 0 Å². The second-order valence-corrected chi connectivity index (χ2v) is 4.39. The van der Waals surface area contributed by atoms with Gasteiger partial charge in [0.05, 0.1) is 12.1 Å². The molecule has 0 aliphatic heterocycles. The van der Waals surface area contributed by atoms with Crippen LogP contribution >= 0.6 is 0 Å². The first kappa shape index (κ1) is 12.5. The van der Waals surface area contributed by atoms with Crippen LogP contribution in [0.2, 0.25) is 0 Å². The van der Waals surface area contributed by atoms with Crippen LogP contribution in [0.25, 0.3) is 0 Å². The Labute approximate surface area is 107 Å². The zero-order valence-electron chi connectivity index (χ0n) is 10.6. The minimum Gasteiger partial charge on any atom is -0.491 e. The summed E-state index contributed by atoms with van der Waals surface area (Å²) in [7, 11) is 0. The Bertz CT molecular complexity index is 499. The number of aromatic nitrogens is 2. The van der Waals surface area contributed by atoms with E-state index in [1.54, 1.807) is 12.4 Å². The third-order valence-corrected chi connectivity index (χ3v) is 2.53. The molecule has 1 heterocycles. The average Bonchev–Trinajstić information content (AvgIpc) is 2.38. The van der Waals surface area contributed by atoms with Crippen molar-refractivity contribution in [2.75, 3.05) is 0 Å². The highest BCUT2D eigenvalue weighted by molar-refractivity contribution is 5.34. The summed E-state index contributed by atoms with van der Waals surface area (Å²) < 4.78 is 5.65. The first-order valence-corrected chi connectivity index (χ1v) is 5.94. The van der Waals surface area contributed by atoms with Crippen molar-refractivity contribution in [1.82, 2.24) is 9.97 Å². The fraction of sp³-hybridized carbons (Fsp3) is 0.286. The fourth-order valence-electron chi connectivity index (χ4n) is 1.72. The predicted octanol–water partition coefficient (Wildman–Crippen LogP) is 2.31. The molecule has 1 aromatic carbocycles.